The maximum absolute atomic E-state index is 11.9. The Kier molecular flexibility index (Phi) is 12.2. The van der Waals surface area contributed by atoms with Crippen molar-refractivity contribution < 1.29 is 9.53 Å². The molecule has 0 fully saturated rings. The Labute approximate surface area is 233 Å². The summed E-state index contributed by atoms with van der Waals surface area (Å²) < 4.78 is 6.23. The third kappa shape index (κ3) is 9.61. The van der Waals surface area contributed by atoms with E-state index in [1.807, 2.05) is 36.0 Å². The second-order valence-electron chi connectivity index (χ2n) is 10.3. The third-order valence-electron chi connectivity index (χ3n) is 7.40. The van der Waals surface area contributed by atoms with E-state index >= 15 is 0 Å². The van der Waals surface area contributed by atoms with Crippen LogP contribution >= 0.6 is 23.4 Å². The van der Waals surface area contributed by atoms with Gasteiger partial charge >= 0.3 is 0 Å². The number of hydrogen-bond donors (Lipinski definition) is 1. The number of unbranched alkanes of at least 4 members (excludes halogenated alkanes) is 2. The molecule has 0 radical (unpaired) electrons. The summed E-state index contributed by atoms with van der Waals surface area (Å²) in [5.74, 6) is 1.57. The highest BCUT2D eigenvalue weighted by atomic mass is 35.5. The first-order chi connectivity index (χ1) is 17.9. The minimum absolute atomic E-state index is 0.403. The van der Waals surface area contributed by atoms with Crippen LogP contribution in [0.5, 0.6) is 5.75 Å². The van der Waals surface area contributed by atoms with E-state index in [-0.39, 0.29) is 0 Å². The van der Waals surface area contributed by atoms with E-state index < -0.39 is 5.91 Å². The topological polar surface area (TPSA) is 55.6 Å². The summed E-state index contributed by atoms with van der Waals surface area (Å²) >= 11 is 8.10. The van der Waals surface area contributed by atoms with Gasteiger partial charge in [0, 0.05) is 34.8 Å². The number of benzene rings is 2. The van der Waals surface area contributed by atoms with Crippen molar-refractivity contribution in [3.63, 3.8) is 0 Å². The van der Waals surface area contributed by atoms with Crippen molar-refractivity contribution in [2.24, 2.45) is 17.6 Å². The lowest BCUT2D eigenvalue weighted by atomic mass is 9.99. The minimum Gasteiger partial charge on any atom is -0.491 e. The first kappa shape index (κ1) is 29.4. The van der Waals surface area contributed by atoms with E-state index in [2.05, 4.69) is 49.3 Å². The standard InChI is InChI=1S/C31H43ClN2O2S/c1-23(24(2)37-3)11-7-5-4-6-8-18-34-21-26(14-9-12-25-13-10-15-28(32)19-25)22-36-30-17-16-27(31(33)35)20-29(30)34/h5,7,10,13,15-17,19-20,23-24,26H,4,6,8-9,11-12,14,18,21-22H2,1-3H3,(H2,33,35)/b7-5+/t23-,24+,26?/m0/s1. The number of fused-ring (bicyclic) bond motifs is 1. The molecule has 0 bridgehead atoms. The fourth-order valence-electron chi connectivity index (χ4n) is 4.80. The van der Waals surface area contributed by atoms with Gasteiger partial charge < -0.3 is 15.4 Å². The van der Waals surface area contributed by atoms with E-state index in [1.165, 1.54) is 5.56 Å². The summed E-state index contributed by atoms with van der Waals surface area (Å²) in [5.41, 5.74) is 8.39. The predicted molar refractivity (Wildman–Crippen MR) is 160 cm³/mol. The van der Waals surface area contributed by atoms with Gasteiger partial charge in [0.25, 0.3) is 0 Å². The quantitative estimate of drug-likeness (QED) is 0.195. The van der Waals surface area contributed by atoms with Crippen LogP contribution in [0.25, 0.3) is 0 Å². The lowest BCUT2D eigenvalue weighted by molar-refractivity contribution is 0.100. The molecule has 3 rings (SSSR count). The number of nitrogens with two attached hydrogens (primary N) is 1. The molecule has 0 aromatic heterocycles. The average molecular weight is 543 g/mol. The number of rotatable bonds is 14. The van der Waals surface area contributed by atoms with Crippen LogP contribution in [0.3, 0.4) is 0 Å². The molecule has 1 unspecified atom stereocenters. The normalized spacial score (nSPS) is 17.2. The lowest BCUT2D eigenvalue weighted by Gasteiger charge is -2.27. The molecule has 37 heavy (non-hydrogen) atoms. The maximum atomic E-state index is 11.9. The Bertz CT molecular complexity index is 1030. The van der Waals surface area contributed by atoms with E-state index in [4.69, 9.17) is 22.1 Å². The Hall–Kier alpha value is -2.11. The van der Waals surface area contributed by atoms with Crippen LogP contribution in [0.1, 0.15) is 68.3 Å². The SMILES string of the molecule is CS[C@H](C)[C@@H](C)C/C=C/CCCCN1CC(CCCc2cccc(Cl)c2)COc2ccc(C(N)=O)cc21. The minimum atomic E-state index is -0.403. The smallest absolute Gasteiger partial charge is 0.248 e. The number of anilines is 1. The van der Waals surface area contributed by atoms with Crippen molar-refractivity contribution in [1.29, 1.82) is 0 Å². The second-order valence-corrected chi connectivity index (χ2v) is 12.0. The van der Waals surface area contributed by atoms with Gasteiger partial charge in [-0.2, -0.15) is 11.8 Å². The highest BCUT2D eigenvalue weighted by molar-refractivity contribution is 7.99. The van der Waals surface area contributed by atoms with Crippen LogP contribution in [0.4, 0.5) is 5.69 Å². The van der Waals surface area contributed by atoms with Gasteiger partial charge in [0.1, 0.15) is 5.75 Å². The highest BCUT2D eigenvalue weighted by Crippen LogP contribution is 2.34. The van der Waals surface area contributed by atoms with Crippen LogP contribution in [0.15, 0.2) is 54.6 Å². The molecule has 2 aromatic carbocycles. The number of carbonyl (C=O) groups is 1. The molecule has 202 valence electrons. The number of halogens is 1. The van der Waals surface area contributed by atoms with Gasteiger partial charge in [0.2, 0.25) is 5.91 Å². The summed E-state index contributed by atoms with van der Waals surface area (Å²) in [6.07, 6.45) is 14.5. The summed E-state index contributed by atoms with van der Waals surface area (Å²) in [5, 5.41) is 1.49. The van der Waals surface area contributed by atoms with Crippen molar-refractivity contribution >= 4 is 35.0 Å². The Morgan fingerprint density at radius 1 is 1.19 bits per heavy atom. The lowest BCUT2D eigenvalue weighted by Crippen LogP contribution is -2.31. The van der Waals surface area contributed by atoms with Gasteiger partial charge in [-0.1, -0.05) is 49.7 Å². The summed E-state index contributed by atoms with van der Waals surface area (Å²) in [6, 6.07) is 13.7. The van der Waals surface area contributed by atoms with E-state index in [9.17, 15) is 4.79 Å². The van der Waals surface area contributed by atoms with Crippen molar-refractivity contribution in [1.82, 2.24) is 0 Å². The van der Waals surface area contributed by atoms with Gasteiger partial charge in [-0.15, -0.1) is 0 Å². The van der Waals surface area contributed by atoms with Gasteiger partial charge in [0.05, 0.1) is 12.3 Å². The van der Waals surface area contributed by atoms with Crippen LogP contribution in [0, 0.1) is 11.8 Å². The number of allylic oxidation sites excluding steroid dienone is 2. The zero-order valence-electron chi connectivity index (χ0n) is 22.6. The number of amides is 1. The predicted octanol–water partition coefficient (Wildman–Crippen LogP) is 7.78. The summed E-state index contributed by atoms with van der Waals surface area (Å²) in [7, 11) is 0. The Morgan fingerprint density at radius 2 is 2.03 bits per heavy atom. The highest BCUT2D eigenvalue weighted by Gasteiger charge is 2.24. The number of primary amides is 1. The van der Waals surface area contributed by atoms with E-state index in [0.717, 1.165) is 74.5 Å². The van der Waals surface area contributed by atoms with Gasteiger partial charge in [-0.3, -0.25) is 4.79 Å². The van der Waals surface area contributed by atoms with Crippen LogP contribution in [-0.4, -0.2) is 37.1 Å². The zero-order valence-corrected chi connectivity index (χ0v) is 24.2. The molecule has 0 saturated carbocycles. The van der Waals surface area contributed by atoms with Crippen molar-refractivity contribution in [3.8, 4) is 5.75 Å². The molecule has 1 aliphatic heterocycles. The number of carbonyl (C=O) groups excluding carboxylic acids is 1. The number of nitrogens with zero attached hydrogens (tertiary/aromatic N) is 1. The third-order valence-corrected chi connectivity index (χ3v) is 8.84. The molecule has 1 heterocycles. The number of hydrogen-bond acceptors (Lipinski definition) is 4. The second kappa shape index (κ2) is 15.3. The van der Waals surface area contributed by atoms with Gasteiger partial charge in [0.15, 0.2) is 0 Å². The first-order valence-electron chi connectivity index (χ1n) is 13.6. The van der Waals surface area contributed by atoms with Gasteiger partial charge in [-0.05, 0) is 93.0 Å². The Balaban J connectivity index is 1.56. The largest absolute Gasteiger partial charge is 0.491 e. The van der Waals surface area contributed by atoms with E-state index in [0.29, 0.717) is 29.3 Å². The number of thioether (sulfide) groups is 1. The molecule has 2 aromatic rings. The molecule has 2 N–H and O–H groups in total. The number of ether oxygens (including phenoxy) is 1. The summed E-state index contributed by atoms with van der Waals surface area (Å²) in [6.45, 7) is 7.18. The summed E-state index contributed by atoms with van der Waals surface area (Å²) in [4.78, 5) is 14.3. The number of aryl methyl sites for hydroxylation is 1. The van der Waals surface area contributed by atoms with E-state index in [1.54, 1.807) is 6.07 Å². The molecule has 6 heteroatoms. The molecule has 4 nitrogen and oxygen atoms in total. The Morgan fingerprint density at radius 3 is 2.78 bits per heavy atom. The monoisotopic (exact) mass is 542 g/mol. The van der Waals surface area contributed by atoms with Crippen molar-refractivity contribution in [3.05, 3.63) is 70.8 Å². The molecule has 3 atom stereocenters. The van der Waals surface area contributed by atoms with Crippen molar-refractivity contribution in [2.45, 2.75) is 64.0 Å². The van der Waals surface area contributed by atoms with Crippen molar-refractivity contribution in [2.75, 3.05) is 30.9 Å². The molecule has 0 aliphatic carbocycles. The maximum Gasteiger partial charge on any atom is 0.248 e. The van der Waals surface area contributed by atoms with Gasteiger partial charge in [-0.25, -0.2) is 0 Å². The molecule has 0 spiro atoms. The molecular weight excluding hydrogens is 500 g/mol. The molecular formula is C31H43ClN2O2S. The fourth-order valence-corrected chi connectivity index (χ4v) is 5.59. The fraction of sp³-hybridized carbons (Fsp3) is 0.516. The average Bonchev–Trinajstić information content (AvgIpc) is 3.06. The van der Waals surface area contributed by atoms with Crippen LogP contribution in [-0.2, 0) is 6.42 Å². The van der Waals surface area contributed by atoms with Crippen LogP contribution < -0.4 is 15.4 Å². The first-order valence-corrected chi connectivity index (χ1v) is 15.3. The molecule has 0 saturated heterocycles. The van der Waals surface area contributed by atoms with Crippen LogP contribution in [0.2, 0.25) is 5.02 Å². The molecule has 1 amide bonds. The zero-order chi connectivity index (χ0) is 26.6. The molecule has 1 aliphatic rings.